The molecule has 0 radical (unpaired) electrons. The van der Waals surface area contributed by atoms with Gasteiger partial charge in [0.2, 0.25) is 0 Å². The first-order valence-corrected chi connectivity index (χ1v) is 4.89. The van der Waals surface area contributed by atoms with Crippen LogP contribution in [-0.4, -0.2) is 11.9 Å². The van der Waals surface area contributed by atoms with E-state index in [9.17, 15) is 4.79 Å². The molecule has 0 unspecified atom stereocenters. The van der Waals surface area contributed by atoms with Crippen LogP contribution in [0.4, 0.5) is 0 Å². The molecule has 1 aromatic rings. The van der Waals surface area contributed by atoms with E-state index in [1.807, 2.05) is 37.3 Å². The Morgan fingerprint density at radius 2 is 1.69 bits per heavy atom. The summed E-state index contributed by atoms with van der Waals surface area (Å²) >= 11 is 0. The van der Waals surface area contributed by atoms with Crippen molar-refractivity contribution in [2.75, 3.05) is 0 Å². The van der Waals surface area contributed by atoms with E-state index in [2.05, 4.69) is 4.99 Å². The first-order valence-electron chi connectivity index (χ1n) is 4.89. The Balaban J connectivity index is 3.06. The van der Waals surface area contributed by atoms with Crippen LogP contribution in [0.15, 0.2) is 40.9 Å². The van der Waals surface area contributed by atoms with Gasteiger partial charge in [-0.2, -0.15) is 4.99 Å². The lowest BCUT2D eigenvalue weighted by Gasteiger charge is -2.04. The van der Waals surface area contributed by atoms with Crippen molar-refractivity contribution in [3.05, 3.63) is 41.5 Å². The Kier molecular flexibility index (Phi) is 3.83. The third-order valence-electron chi connectivity index (χ3n) is 2.32. The molecular formula is C12H15N3O. The summed E-state index contributed by atoms with van der Waals surface area (Å²) < 4.78 is 0. The number of nitrogens with zero attached hydrogens (tertiary/aromatic N) is 1. The van der Waals surface area contributed by atoms with E-state index in [0.29, 0.717) is 5.57 Å². The normalized spacial score (nSPS) is 11.6. The smallest absolute Gasteiger partial charge is 0.276 e. The van der Waals surface area contributed by atoms with E-state index in [1.54, 1.807) is 6.92 Å². The molecule has 1 aromatic carbocycles. The summed E-state index contributed by atoms with van der Waals surface area (Å²) in [6.07, 6.45) is 0. The van der Waals surface area contributed by atoms with Gasteiger partial charge in [0.15, 0.2) is 5.96 Å². The van der Waals surface area contributed by atoms with Gasteiger partial charge in [0, 0.05) is 5.57 Å². The van der Waals surface area contributed by atoms with Gasteiger partial charge in [0.05, 0.1) is 0 Å². The van der Waals surface area contributed by atoms with Crippen molar-refractivity contribution in [1.29, 1.82) is 0 Å². The fourth-order valence-corrected chi connectivity index (χ4v) is 1.27. The summed E-state index contributed by atoms with van der Waals surface area (Å²) in [6.45, 7) is 3.57. The molecule has 0 saturated heterocycles. The Labute approximate surface area is 94.7 Å². The number of guanidine groups is 1. The fraction of sp³-hybridized carbons (Fsp3) is 0.167. The van der Waals surface area contributed by atoms with Gasteiger partial charge in [-0.05, 0) is 25.0 Å². The molecule has 1 amide bonds. The topological polar surface area (TPSA) is 81.5 Å². The van der Waals surface area contributed by atoms with Crippen molar-refractivity contribution in [3.8, 4) is 0 Å². The zero-order valence-electron chi connectivity index (χ0n) is 9.40. The molecule has 4 heteroatoms. The van der Waals surface area contributed by atoms with Crippen molar-refractivity contribution in [3.63, 3.8) is 0 Å². The lowest BCUT2D eigenvalue weighted by molar-refractivity contribution is -0.114. The number of hydrogen-bond acceptors (Lipinski definition) is 1. The average molecular weight is 217 g/mol. The van der Waals surface area contributed by atoms with Crippen molar-refractivity contribution in [2.24, 2.45) is 16.5 Å². The molecule has 1 rings (SSSR count). The van der Waals surface area contributed by atoms with Gasteiger partial charge in [-0.3, -0.25) is 4.79 Å². The summed E-state index contributed by atoms with van der Waals surface area (Å²) in [4.78, 5) is 15.1. The van der Waals surface area contributed by atoms with Gasteiger partial charge in [-0.25, -0.2) is 0 Å². The molecule has 4 nitrogen and oxygen atoms in total. The van der Waals surface area contributed by atoms with Crippen LogP contribution in [0.5, 0.6) is 0 Å². The summed E-state index contributed by atoms with van der Waals surface area (Å²) in [7, 11) is 0. The van der Waals surface area contributed by atoms with E-state index in [1.165, 1.54) is 0 Å². The van der Waals surface area contributed by atoms with E-state index in [4.69, 9.17) is 11.5 Å². The number of hydrogen-bond donors (Lipinski definition) is 2. The molecule has 84 valence electrons. The molecule has 0 fully saturated rings. The molecule has 0 aliphatic rings. The van der Waals surface area contributed by atoms with Crippen molar-refractivity contribution >= 4 is 17.4 Å². The number of allylic oxidation sites excluding steroid dienone is 1. The lowest BCUT2D eigenvalue weighted by atomic mass is 10.0. The number of amides is 1. The highest BCUT2D eigenvalue weighted by atomic mass is 16.1. The van der Waals surface area contributed by atoms with E-state index >= 15 is 0 Å². The largest absolute Gasteiger partial charge is 0.370 e. The number of carbonyl (C=O) groups is 1. The molecule has 0 aliphatic carbocycles. The van der Waals surface area contributed by atoms with Crippen LogP contribution in [0.3, 0.4) is 0 Å². The van der Waals surface area contributed by atoms with Gasteiger partial charge in [-0.15, -0.1) is 0 Å². The van der Waals surface area contributed by atoms with Crippen molar-refractivity contribution in [2.45, 2.75) is 13.8 Å². The predicted octanol–water partition coefficient (Wildman–Crippen LogP) is 1.28. The summed E-state index contributed by atoms with van der Waals surface area (Å²) in [6, 6.07) is 9.61. The number of carbonyl (C=O) groups excluding carboxylic acids is 1. The molecule has 0 bridgehead atoms. The van der Waals surface area contributed by atoms with Crippen LogP contribution in [0, 0.1) is 0 Å². The van der Waals surface area contributed by atoms with E-state index in [0.717, 1.165) is 11.1 Å². The molecule has 0 atom stereocenters. The van der Waals surface area contributed by atoms with Crippen LogP contribution >= 0.6 is 0 Å². The van der Waals surface area contributed by atoms with Crippen molar-refractivity contribution < 1.29 is 4.79 Å². The molecular weight excluding hydrogens is 202 g/mol. The second-order valence-electron chi connectivity index (χ2n) is 3.46. The molecule has 0 aliphatic heterocycles. The molecule has 0 heterocycles. The summed E-state index contributed by atoms with van der Waals surface area (Å²) in [5.41, 5.74) is 12.7. The van der Waals surface area contributed by atoms with Crippen LogP contribution in [0.2, 0.25) is 0 Å². The maximum absolute atomic E-state index is 11.6. The minimum atomic E-state index is -0.402. The lowest BCUT2D eigenvalue weighted by Crippen LogP contribution is -2.24. The SMILES string of the molecule is C/C(C(=O)N=C(N)N)=C(/C)c1ccccc1. The number of aliphatic imine (C=N–C) groups is 1. The first kappa shape index (κ1) is 12.0. The highest BCUT2D eigenvalue weighted by molar-refractivity contribution is 6.05. The minimum absolute atomic E-state index is 0.217. The highest BCUT2D eigenvalue weighted by Gasteiger charge is 2.08. The Bertz CT molecular complexity index is 443. The van der Waals surface area contributed by atoms with Crippen LogP contribution < -0.4 is 11.5 Å². The molecule has 4 N–H and O–H groups in total. The zero-order valence-corrected chi connectivity index (χ0v) is 9.40. The first-order chi connectivity index (χ1) is 7.52. The number of rotatable bonds is 2. The van der Waals surface area contributed by atoms with Crippen molar-refractivity contribution in [1.82, 2.24) is 0 Å². The predicted molar refractivity (Wildman–Crippen MR) is 65.5 cm³/mol. The molecule has 0 spiro atoms. The quantitative estimate of drug-likeness (QED) is 0.445. The van der Waals surface area contributed by atoms with Gasteiger partial charge in [0.1, 0.15) is 0 Å². The third-order valence-corrected chi connectivity index (χ3v) is 2.32. The molecule has 0 aromatic heterocycles. The number of nitrogens with two attached hydrogens (primary N) is 2. The summed E-state index contributed by atoms with van der Waals surface area (Å²) in [5.74, 6) is -0.619. The Morgan fingerprint density at radius 1 is 1.12 bits per heavy atom. The Morgan fingerprint density at radius 3 is 2.19 bits per heavy atom. The van der Waals surface area contributed by atoms with Crippen LogP contribution in [0.1, 0.15) is 19.4 Å². The van der Waals surface area contributed by atoms with Crippen LogP contribution in [0.25, 0.3) is 5.57 Å². The van der Waals surface area contributed by atoms with E-state index < -0.39 is 5.91 Å². The second kappa shape index (κ2) is 5.11. The van der Waals surface area contributed by atoms with Crippen LogP contribution in [-0.2, 0) is 4.79 Å². The maximum Gasteiger partial charge on any atom is 0.276 e. The monoisotopic (exact) mass is 217 g/mol. The molecule has 16 heavy (non-hydrogen) atoms. The van der Waals surface area contributed by atoms with Gasteiger partial charge in [0.25, 0.3) is 5.91 Å². The van der Waals surface area contributed by atoms with Gasteiger partial charge >= 0.3 is 0 Å². The zero-order chi connectivity index (χ0) is 12.1. The summed E-state index contributed by atoms with van der Waals surface area (Å²) in [5, 5.41) is 0. The molecule has 0 saturated carbocycles. The number of benzene rings is 1. The highest BCUT2D eigenvalue weighted by Crippen LogP contribution is 2.18. The average Bonchev–Trinajstić information content (AvgIpc) is 2.27. The van der Waals surface area contributed by atoms with Gasteiger partial charge < -0.3 is 11.5 Å². The maximum atomic E-state index is 11.6. The van der Waals surface area contributed by atoms with E-state index in [-0.39, 0.29) is 5.96 Å². The standard InChI is InChI=1S/C12H15N3O/c1-8(10-6-4-3-5-7-10)9(2)11(16)15-12(13)14/h3-7H,1-2H3,(H4,13,14,15,16)/b9-8+. The second-order valence-corrected chi connectivity index (χ2v) is 3.46. The minimum Gasteiger partial charge on any atom is -0.370 e. The Hall–Kier alpha value is -2.10. The third kappa shape index (κ3) is 2.95. The fourth-order valence-electron chi connectivity index (χ4n) is 1.27. The van der Waals surface area contributed by atoms with Gasteiger partial charge in [-0.1, -0.05) is 30.3 Å².